The summed E-state index contributed by atoms with van der Waals surface area (Å²) in [5.74, 6) is 1.74. The molecule has 2 heterocycles. The van der Waals surface area contributed by atoms with Crippen LogP contribution in [-0.2, 0) is 9.47 Å². The molecule has 5 heteroatoms. The zero-order chi connectivity index (χ0) is 24.1. The molecule has 33 heavy (non-hydrogen) atoms. The molecule has 0 aromatic heterocycles. The third kappa shape index (κ3) is 4.53. The van der Waals surface area contributed by atoms with Crippen molar-refractivity contribution < 1.29 is 19.0 Å². The fraction of sp³-hybridized carbons (Fsp3) is 0.643. The van der Waals surface area contributed by atoms with Crippen molar-refractivity contribution in [3.8, 4) is 0 Å². The molecule has 4 aliphatic rings. The van der Waals surface area contributed by atoms with Crippen LogP contribution in [-0.4, -0.2) is 28.9 Å². The lowest BCUT2D eigenvalue weighted by atomic mass is 9.79. The van der Waals surface area contributed by atoms with E-state index in [0.717, 1.165) is 35.6 Å². The van der Waals surface area contributed by atoms with Gasteiger partial charge in [-0.1, -0.05) is 39.8 Å². The first-order valence-corrected chi connectivity index (χ1v) is 12.4. The molecule has 0 bridgehead atoms. The smallest absolute Gasteiger partial charge is 0.230 e. The van der Waals surface area contributed by atoms with Crippen molar-refractivity contribution in [1.82, 2.24) is 4.90 Å². The lowest BCUT2D eigenvalue weighted by Crippen LogP contribution is -2.33. The molecule has 0 aromatic rings. The zero-order valence-electron chi connectivity index (χ0n) is 21.2. The molecule has 0 aromatic carbocycles. The van der Waals surface area contributed by atoms with Crippen LogP contribution in [0.4, 0.5) is 4.39 Å². The van der Waals surface area contributed by atoms with Gasteiger partial charge in [0, 0.05) is 34.2 Å². The van der Waals surface area contributed by atoms with Crippen LogP contribution in [0.2, 0.25) is 0 Å². The molecule has 3 unspecified atom stereocenters. The van der Waals surface area contributed by atoms with Crippen molar-refractivity contribution in [2.45, 2.75) is 86.3 Å². The van der Waals surface area contributed by atoms with Crippen molar-refractivity contribution in [3.63, 3.8) is 0 Å². The highest BCUT2D eigenvalue weighted by atomic mass is 19.1. The predicted molar refractivity (Wildman–Crippen MR) is 129 cm³/mol. The molecule has 0 amide bonds. The van der Waals surface area contributed by atoms with Gasteiger partial charge in [-0.25, -0.2) is 4.39 Å². The van der Waals surface area contributed by atoms with Crippen LogP contribution in [0, 0.1) is 22.7 Å². The standard InChI is InChI=1S/C28H40FNO3/c1-17(2)30-23-15-22(29)20(12-21(23)13-25(30)27(5,6)7)14-26(31)28(10-11-28)18(3)8-9-24-19(4)32-16-33-24/h8-9,13,15,17-18,21,26,31H,10-12,14,16H2,1-7H3. The summed E-state index contributed by atoms with van der Waals surface area (Å²) in [5, 5.41) is 11.2. The van der Waals surface area contributed by atoms with Crippen LogP contribution < -0.4 is 0 Å². The molecule has 4 nitrogen and oxygen atoms in total. The second kappa shape index (κ2) is 8.65. The quantitative estimate of drug-likeness (QED) is 0.460. The monoisotopic (exact) mass is 457 g/mol. The first-order chi connectivity index (χ1) is 15.4. The summed E-state index contributed by atoms with van der Waals surface area (Å²) in [6, 6.07) is 0.280. The Bertz CT molecular complexity index is 943. The second-order valence-corrected chi connectivity index (χ2v) is 11.5. The van der Waals surface area contributed by atoms with Crippen LogP contribution in [0.25, 0.3) is 0 Å². The van der Waals surface area contributed by atoms with Crippen molar-refractivity contribution in [1.29, 1.82) is 0 Å². The number of aliphatic hydroxyl groups excluding tert-OH is 1. The van der Waals surface area contributed by atoms with Crippen LogP contribution in [0.15, 0.2) is 58.6 Å². The summed E-state index contributed by atoms with van der Waals surface area (Å²) in [6.45, 7) is 15.3. The van der Waals surface area contributed by atoms with E-state index in [4.69, 9.17) is 9.47 Å². The molecule has 0 spiro atoms. The number of aliphatic hydroxyl groups is 1. The largest absolute Gasteiger partial charge is 0.458 e. The Hall–Kier alpha value is -2.01. The maximum Gasteiger partial charge on any atom is 0.230 e. The lowest BCUT2D eigenvalue weighted by molar-refractivity contribution is 0.0688. The van der Waals surface area contributed by atoms with Gasteiger partial charge < -0.3 is 19.5 Å². The molecule has 1 fully saturated rings. The first-order valence-electron chi connectivity index (χ1n) is 12.4. The normalized spacial score (nSPS) is 26.4. The molecule has 0 saturated heterocycles. The Morgan fingerprint density at radius 3 is 2.48 bits per heavy atom. The van der Waals surface area contributed by atoms with E-state index in [1.807, 2.05) is 13.0 Å². The Morgan fingerprint density at radius 1 is 1.24 bits per heavy atom. The van der Waals surface area contributed by atoms with E-state index < -0.39 is 6.10 Å². The Morgan fingerprint density at radius 2 is 1.94 bits per heavy atom. The minimum atomic E-state index is -0.558. The Balaban J connectivity index is 1.49. The summed E-state index contributed by atoms with van der Waals surface area (Å²) in [5.41, 5.74) is 2.89. The van der Waals surface area contributed by atoms with E-state index in [2.05, 4.69) is 58.6 Å². The molecule has 4 rings (SSSR count). The highest BCUT2D eigenvalue weighted by molar-refractivity contribution is 5.41. The Kier molecular flexibility index (Phi) is 6.32. The van der Waals surface area contributed by atoms with Crippen LogP contribution in [0.5, 0.6) is 0 Å². The molecule has 3 atom stereocenters. The van der Waals surface area contributed by atoms with Gasteiger partial charge in [-0.15, -0.1) is 0 Å². The van der Waals surface area contributed by atoms with Crippen molar-refractivity contribution in [2.75, 3.05) is 6.79 Å². The zero-order valence-corrected chi connectivity index (χ0v) is 21.2. The predicted octanol–water partition coefficient (Wildman–Crippen LogP) is 6.73. The van der Waals surface area contributed by atoms with Crippen molar-refractivity contribution in [2.24, 2.45) is 22.7 Å². The molecule has 2 aliphatic heterocycles. The molecular formula is C28H40FNO3. The third-order valence-electron chi connectivity index (χ3n) is 7.85. The highest BCUT2D eigenvalue weighted by Crippen LogP contribution is 2.57. The van der Waals surface area contributed by atoms with E-state index in [9.17, 15) is 5.11 Å². The van der Waals surface area contributed by atoms with Gasteiger partial charge in [0.1, 0.15) is 11.6 Å². The highest BCUT2D eigenvalue weighted by Gasteiger charge is 2.52. The molecule has 182 valence electrons. The lowest BCUT2D eigenvalue weighted by Gasteiger charge is -2.37. The van der Waals surface area contributed by atoms with Crippen molar-refractivity contribution >= 4 is 0 Å². The van der Waals surface area contributed by atoms with Gasteiger partial charge >= 0.3 is 0 Å². The van der Waals surface area contributed by atoms with Gasteiger partial charge in [0.15, 0.2) is 5.76 Å². The van der Waals surface area contributed by atoms with Gasteiger partial charge in [0.25, 0.3) is 0 Å². The first kappa shape index (κ1) is 24.1. The maximum atomic E-state index is 15.3. The summed E-state index contributed by atoms with van der Waals surface area (Å²) in [6.07, 6.45) is 10.5. The molecule has 0 radical (unpaired) electrons. The number of hydrogen-bond donors (Lipinski definition) is 1. The molecule has 1 N–H and O–H groups in total. The molecular weight excluding hydrogens is 417 g/mol. The Labute approximate surface area is 198 Å². The number of rotatable bonds is 7. The summed E-state index contributed by atoms with van der Waals surface area (Å²) in [7, 11) is 0. The number of fused-ring (bicyclic) bond motifs is 1. The number of allylic oxidation sites excluding steroid dienone is 7. The number of halogens is 1. The van der Waals surface area contributed by atoms with Crippen LogP contribution >= 0.6 is 0 Å². The maximum absolute atomic E-state index is 15.3. The van der Waals surface area contributed by atoms with Gasteiger partial charge in [0.05, 0.1) is 6.10 Å². The van der Waals surface area contributed by atoms with Gasteiger partial charge in [-0.3, -0.25) is 0 Å². The minimum Gasteiger partial charge on any atom is -0.458 e. The fourth-order valence-electron chi connectivity index (χ4n) is 5.59. The summed E-state index contributed by atoms with van der Waals surface area (Å²) in [4.78, 5) is 2.30. The number of hydrogen-bond acceptors (Lipinski definition) is 4. The van der Waals surface area contributed by atoms with E-state index in [1.165, 1.54) is 5.70 Å². The van der Waals surface area contributed by atoms with Crippen LogP contribution in [0.3, 0.4) is 0 Å². The van der Waals surface area contributed by atoms with E-state index >= 15 is 4.39 Å². The second-order valence-electron chi connectivity index (χ2n) is 11.5. The summed E-state index contributed by atoms with van der Waals surface area (Å²) >= 11 is 0. The van der Waals surface area contributed by atoms with Crippen LogP contribution in [0.1, 0.15) is 74.1 Å². The molecule has 2 aliphatic carbocycles. The number of nitrogens with zero attached hydrogens (tertiary/aromatic N) is 1. The average molecular weight is 458 g/mol. The third-order valence-corrected chi connectivity index (χ3v) is 7.85. The molecule has 1 saturated carbocycles. The SMILES string of the molecule is CC1=C(C=CC(C)C2(C(O)CC3=C(F)C=C4C(C=C(C(C)(C)C)N4C(C)C)C3)CC2)OCO1. The summed E-state index contributed by atoms with van der Waals surface area (Å²) < 4.78 is 26.1. The number of ether oxygens (including phenoxy) is 2. The van der Waals surface area contributed by atoms with Crippen molar-refractivity contribution in [3.05, 3.63) is 58.6 Å². The van der Waals surface area contributed by atoms with Gasteiger partial charge in [-0.05, 0) is 70.1 Å². The minimum absolute atomic E-state index is 0.000305. The average Bonchev–Trinajstić information content (AvgIpc) is 3.31. The van der Waals surface area contributed by atoms with E-state index in [1.54, 1.807) is 6.08 Å². The van der Waals surface area contributed by atoms with E-state index in [-0.39, 0.29) is 41.3 Å². The fourth-order valence-corrected chi connectivity index (χ4v) is 5.59. The van der Waals surface area contributed by atoms with Gasteiger partial charge in [-0.2, -0.15) is 0 Å². The van der Waals surface area contributed by atoms with E-state index in [0.29, 0.717) is 12.8 Å². The van der Waals surface area contributed by atoms with Gasteiger partial charge in [0.2, 0.25) is 6.79 Å². The topological polar surface area (TPSA) is 41.9 Å².